The lowest BCUT2D eigenvalue weighted by Gasteiger charge is -2.43. The van der Waals surface area contributed by atoms with Crippen molar-refractivity contribution in [2.45, 2.75) is 74.3 Å². The van der Waals surface area contributed by atoms with Crippen molar-refractivity contribution in [3.63, 3.8) is 0 Å². The first-order chi connectivity index (χ1) is 17.2. The van der Waals surface area contributed by atoms with Crippen molar-refractivity contribution in [3.05, 3.63) is 41.0 Å². The highest BCUT2D eigenvalue weighted by atomic mass is 35.5. The smallest absolute Gasteiger partial charge is 0.407 e. The number of piperidine rings is 1. The quantitative estimate of drug-likeness (QED) is 0.386. The van der Waals surface area contributed by atoms with Gasteiger partial charge < -0.3 is 15.0 Å². The van der Waals surface area contributed by atoms with Crippen LogP contribution in [0.4, 0.5) is 10.7 Å². The van der Waals surface area contributed by atoms with Crippen LogP contribution in [-0.2, 0) is 4.74 Å². The molecule has 3 aromatic heterocycles. The number of amides is 1. The summed E-state index contributed by atoms with van der Waals surface area (Å²) in [6.45, 7) is 7.41. The number of halogens is 2. The van der Waals surface area contributed by atoms with E-state index in [2.05, 4.69) is 20.2 Å². The number of imidazole rings is 1. The van der Waals surface area contributed by atoms with Gasteiger partial charge in [-0.25, -0.2) is 19.7 Å². The van der Waals surface area contributed by atoms with Crippen molar-refractivity contribution in [2.24, 2.45) is 5.41 Å². The van der Waals surface area contributed by atoms with Crippen LogP contribution in [0, 0.1) is 5.41 Å². The van der Waals surface area contributed by atoms with Gasteiger partial charge >= 0.3 is 6.09 Å². The molecule has 8 nitrogen and oxygen atoms in total. The average molecular weight is 550 g/mol. The number of pyridine rings is 1. The molecule has 1 N–H and O–H groups in total. The van der Waals surface area contributed by atoms with Crippen LogP contribution in [0.3, 0.4) is 0 Å². The molecule has 192 valence electrons. The predicted octanol–water partition coefficient (Wildman–Crippen LogP) is 6.25. The highest BCUT2D eigenvalue weighted by Gasteiger charge is 2.46. The third-order valence-corrected chi connectivity index (χ3v) is 8.99. The Labute approximate surface area is 225 Å². The maximum atomic E-state index is 12.5. The van der Waals surface area contributed by atoms with E-state index in [0.29, 0.717) is 5.02 Å². The number of carbonyl (C=O) groups excluding carboxylic acids is 1. The van der Waals surface area contributed by atoms with Crippen molar-refractivity contribution in [2.75, 3.05) is 18.0 Å². The molecular formula is C25H30Cl2N6O2S. The van der Waals surface area contributed by atoms with Crippen LogP contribution >= 0.6 is 35.0 Å². The van der Waals surface area contributed by atoms with Crippen LogP contribution in [0.15, 0.2) is 40.6 Å². The third-order valence-electron chi connectivity index (χ3n) is 7.04. The highest BCUT2D eigenvalue weighted by molar-refractivity contribution is 7.99. The number of nitrogens with one attached hydrogen (secondary N) is 1. The zero-order chi connectivity index (χ0) is 25.5. The zero-order valence-electron chi connectivity index (χ0n) is 20.6. The molecule has 1 aliphatic heterocycles. The zero-order valence-corrected chi connectivity index (χ0v) is 23.0. The standard InChI is InChI=1S/C25H30Cl2N6O2S/c1-24(2,3)35-23(34)31-18-5-4-7-25(18)8-12-32(13-9-25)22-30-15-17(21-29-11-14-33(21)22)36-16-6-10-28-20(27)19(16)26/h6,10-11,14-15,18H,4-5,7-9,12-13H2,1-3H3,(H,31,34)/t18-/m1/s1. The van der Waals surface area contributed by atoms with Crippen LogP contribution in [0.25, 0.3) is 5.65 Å². The van der Waals surface area contributed by atoms with Gasteiger partial charge in [0.05, 0.1) is 9.92 Å². The molecule has 36 heavy (non-hydrogen) atoms. The average Bonchev–Trinajstić information content (AvgIpc) is 3.45. The minimum absolute atomic E-state index is 0.106. The number of hydrogen-bond acceptors (Lipinski definition) is 7. The summed E-state index contributed by atoms with van der Waals surface area (Å²) in [7, 11) is 0. The molecule has 2 fully saturated rings. The molecular weight excluding hydrogens is 519 g/mol. The number of rotatable bonds is 4. The van der Waals surface area contributed by atoms with E-state index >= 15 is 0 Å². The van der Waals surface area contributed by atoms with E-state index in [0.717, 1.165) is 66.6 Å². The number of carbonyl (C=O) groups is 1. The number of fused-ring (bicyclic) bond motifs is 1. The molecule has 0 aromatic carbocycles. The van der Waals surface area contributed by atoms with Crippen LogP contribution in [0.1, 0.15) is 52.9 Å². The molecule has 11 heteroatoms. The highest BCUT2D eigenvalue weighted by Crippen LogP contribution is 2.47. The first-order valence-electron chi connectivity index (χ1n) is 12.2. The van der Waals surface area contributed by atoms with E-state index in [-0.39, 0.29) is 22.7 Å². The molecule has 1 aliphatic carbocycles. The molecule has 0 unspecified atom stereocenters. The van der Waals surface area contributed by atoms with Gasteiger partial charge in [0.25, 0.3) is 0 Å². The number of alkyl carbamates (subject to hydrolysis) is 1. The molecule has 4 heterocycles. The molecule has 5 rings (SSSR count). The van der Waals surface area contributed by atoms with E-state index in [1.165, 1.54) is 11.8 Å². The molecule has 1 amide bonds. The summed E-state index contributed by atoms with van der Waals surface area (Å²) < 4.78 is 7.56. The van der Waals surface area contributed by atoms with Crippen LogP contribution in [0.5, 0.6) is 0 Å². The summed E-state index contributed by atoms with van der Waals surface area (Å²) in [6.07, 6.45) is 12.1. The van der Waals surface area contributed by atoms with Gasteiger partial charge in [-0.2, -0.15) is 0 Å². The monoisotopic (exact) mass is 548 g/mol. The first kappa shape index (κ1) is 25.4. The lowest BCUT2D eigenvalue weighted by Crippen LogP contribution is -2.51. The number of ether oxygens (including phenoxy) is 1. The Hall–Kier alpha value is -2.23. The number of anilines is 1. The van der Waals surface area contributed by atoms with Gasteiger partial charge in [0.2, 0.25) is 5.95 Å². The van der Waals surface area contributed by atoms with Crippen molar-refractivity contribution in [1.82, 2.24) is 24.7 Å². The summed E-state index contributed by atoms with van der Waals surface area (Å²) in [5, 5.41) is 3.88. The molecule has 1 saturated carbocycles. The van der Waals surface area contributed by atoms with Crippen LogP contribution in [-0.4, -0.2) is 50.2 Å². The van der Waals surface area contributed by atoms with Gasteiger partial charge in [0, 0.05) is 48.8 Å². The fourth-order valence-corrected chi connectivity index (χ4v) is 6.69. The van der Waals surface area contributed by atoms with E-state index in [1.807, 2.05) is 43.6 Å². The summed E-state index contributed by atoms with van der Waals surface area (Å²) in [5.74, 6) is 0.871. The van der Waals surface area contributed by atoms with Crippen LogP contribution < -0.4 is 10.2 Å². The van der Waals surface area contributed by atoms with E-state index < -0.39 is 5.60 Å². The van der Waals surface area contributed by atoms with Crippen molar-refractivity contribution < 1.29 is 9.53 Å². The van der Waals surface area contributed by atoms with E-state index in [1.54, 1.807) is 12.4 Å². The number of aromatic nitrogens is 4. The normalized spacial score (nSPS) is 19.7. The second-order valence-electron chi connectivity index (χ2n) is 10.5. The van der Waals surface area contributed by atoms with Crippen molar-refractivity contribution in [3.8, 4) is 0 Å². The Morgan fingerprint density at radius 1 is 1.14 bits per heavy atom. The summed E-state index contributed by atoms with van der Waals surface area (Å²) in [4.78, 5) is 29.9. The first-order valence-corrected chi connectivity index (χ1v) is 13.8. The Kier molecular flexibility index (Phi) is 7.00. The Morgan fingerprint density at radius 3 is 2.67 bits per heavy atom. The fourth-order valence-electron chi connectivity index (χ4n) is 5.35. The predicted molar refractivity (Wildman–Crippen MR) is 142 cm³/mol. The van der Waals surface area contributed by atoms with E-state index in [9.17, 15) is 4.79 Å². The lowest BCUT2D eigenvalue weighted by molar-refractivity contribution is 0.0442. The minimum Gasteiger partial charge on any atom is -0.444 e. The molecule has 0 radical (unpaired) electrons. The second-order valence-corrected chi connectivity index (χ2v) is 12.3. The maximum Gasteiger partial charge on any atom is 0.407 e. The van der Waals surface area contributed by atoms with Crippen molar-refractivity contribution >= 4 is 52.7 Å². The number of hydrogen-bond donors (Lipinski definition) is 1. The summed E-state index contributed by atoms with van der Waals surface area (Å²) in [5.41, 5.74) is 0.425. The third kappa shape index (κ3) is 5.10. The SMILES string of the molecule is CC(C)(C)OC(=O)N[C@@H]1CCCC12CCN(c1ncc(Sc3ccnc(Cl)c3Cl)c3nccn13)CC2. The van der Waals surface area contributed by atoms with Gasteiger partial charge in [-0.15, -0.1) is 0 Å². The minimum atomic E-state index is -0.500. The number of nitrogens with zero attached hydrogens (tertiary/aromatic N) is 5. The van der Waals surface area contributed by atoms with Crippen LogP contribution in [0.2, 0.25) is 10.2 Å². The van der Waals surface area contributed by atoms with Gasteiger partial charge in [-0.05, 0) is 57.9 Å². The molecule has 1 saturated heterocycles. The molecule has 1 spiro atoms. The van der Waals surface area contributed by atoms with E-state index in [4.69, 9.17) is 32.9 Å². The molecule has 0 bridgehead atoms. The van der Waals surface area contributed by atoms with Gasteiger partial charge in [-0.3, -0.25) is 4.40 Å². The maximum absolute atomic E-state index is 12.5. The topological polar surface area (TPSA) is 84.6 Å². The van der Waals surface area contributed by atoms with Gasteiger partial charge in [-0.1, -0.05) is 41.4 Å². The van der Waals surface area contributed by atoms with Gasteiger partial charge in [0.15, 0.2) is 5.65 Å². The largest absolute Gasteiger partial charge is 0.444 e. The summed E-state index contributed by atoms with van der Waals surface area (Å²) >= 11 is 13.9. The fraction of sp³-hybridized carbons (Fsp3) is 0.520. The lowest BCUT2D eigenvalue weighted by atomic mass is 9.74. The molecule has 3 aromatic rings. The van der Waals surface area contributed by atoms with Crippen molar-refractivity contribution in [1.29, 1.82) is 0 Å². The Bertz CT molecular complexity index is 1270. The van der Waals surface area contributed by atoms with Gasteiger partial charge in [0.1, 0.15) is 10.8 Å². The Balaban J connectivity index is 1.31. The Morgan fingerprint density at radius 2 is 1.92 bits per heavy atom. The summed E-state index contributed by atoms with van der Waals surface area (Å²) in [6, 6.07) is 1.98. The second kappa shape index (κ2) is 9.91. The molecule has 1 atom stereocenters. The molecule has 2 aliphatic rings.